The second-order valence-electron chi connectivity index (χ2n) is 10.2. The van der Waals surface area contributed by atoms with Crippen molar-refractivity contribution in [1.29, 1.82) is 5.26 Å². The maximum Gasteiger partial charge on any atom is 0.270 e. The number of fused-ring (bicyclic) bond motifs is 1. The molecule has 2 heterocycles. The summed E-state index contributed by atoms with van der Waals surface area (Å²) in [5, 5.41) is 11.4. The highest BCUT2D eigenvalue weighted by Gasteiger charge is 2.59. The number of carbonyl (C=O) groups is 2. The quantitative estimate of drug-likeness (QED) is 0.628. The third kappa shape index (κ3) is 4.30. The van der Waals surface area contributed by atoms with Gasteiger partial charge in [-0.3, -0.25) is 14.4 Å². The number of benzene rings is 1. The lowest BCUT2D eigenvalue weighted by Gasteiger charge is -2.34. The van der Waals surface area contributed by atoms with Gasteiger partial charge in [-0.05, 0) is 63.4 Å². The number of aromatic nitrogens is 1. The average molecular weight is 515 g/mol. The Balaban J connectivity index is 1.50. The predicted octanol–water partition coefficient (Wildman–Crippen LogP) is 1.99. The summed E-state index contributed by atoms with van der Waals surface area (Å²) >= 11 is 0. The van der Waals surface area contributed by atoms with Crippen LogP contribution >= 0.6 is 0 Å². The van der Waals surface area contributed by atoms with Crippen molar-refractivity contribution in [3.8, 4) is 6.07 Å². The molecule has 1 aromatic heterocycles. The van der Waals surface area contributed by atoms with Crippen LogP contribution in [0.3, 0.4) is 0 Å². The highest BCUT2D eigenvalue weighted by Crippen LogP contribution is 2.49. The first kappa shape index (κ1) is 25.6. The van der Waals surface area contributed by atoms with E-state index in [1.165, 1.54) is 33.7 Å². The van der Waals surface area contributed by atoms with Gasteiger partial charge < -0.3 is 14.8 Å². The molecule has 0 radical (unpaired) electrons. The van der Waals surface area contributed by atoms with Crippen molar-refractivity contribution in [2.75, 3.05) is 13.1 Å². The third-order valence-electron chi connectivity index (χ3n) is 6.79. The van der Waals surface area contributed by atoms with E-state index in [0.29, 0.717) is 18.4 Å². The molecule has 4 rings (SSSR count). The molecule has 1 saturated carbocycles. The second-order valence-corrected chi connectivity index (χ2v) is 13.3. The van der Waals surface area contributed by atoms with Gasteiger partial charge in [0.25, 0.3) is 17.4 Å². The molecule has 0 spiro atoms. The van der Waals surface area contributed by atoms with Crippen LogP contribution in [0.15, 0.2) is 35.1 Å². The molecule has 11 heteroatoms. The Morgan fingerprint density at radius 2 is 1.86 bits per heavy atom. The molecule has 1 aliphatic carbocycles. The Morgan fingerprint density at radius 3 is 2.44 bits per heavy atom. The SMILES string of the molecule is CC(C)(C)S(=O)(=O)C1(CN2CCn3c(ccc(C(=O)NCc4ccc(C#N)c(F)c4)c3=O)C2=O)CC1. The lowest BCUT2D eigenvalue weighted by molar-refractivity contribution is 0.0694. The average Bonchev–Trinajstić information content (AvgIpc) is 3.60. The number of halogens is 1. The molecule has 190 valence electrons. The van der Waals surface area contributed by atoms with Gasteiger partial charge in [-0.25, -0.2) is 12.8 Å². The molecular weight excluding hydrogens is 487 g/mol. The normalized spacial score (nSPS) is 16.8. The van der Waals surface area contributed by atoms with Gasteiger partial charge in [-0.15, -0.1) is 0 Å². The van der Waals surface area contributed by atoms with E-state index < -0.39 is 42.5 Å². The van der Waals surface area contributed by atoms with Crippen LogP contribution in [0.4, 0.5) is 4.39 Å². The zero-order chi connectivity index (χ0) is 26.5. The van der Waals surface area contributed by atoms with E-state index in [4.69, 9.17) is 5.26 Å². The van der Waals surface area contributed by atoms with Gasteiger partial charge in [-0.1, -0.05) is 6.07 Å². The van der Waals surface area contributed by atoms with Crippen molar-refractivity contribution in [3.05, 3.63) is 68.9 Å². The van der Waals surface area contributed by atoms with Crippen LogP contribution in [0.5, 0.6) is 0 Å². The summed E-state index contributed by atoms with van der Waals surface area (Å²) in [6.07, 6.45) is 0.983. The Morgan fingerprint density at radius 1 is 1.17 bits per heavy atom. The fourth-order valence-electron chi connectivity index (χ4n) is 4.48. The molecule has 2 aromatic rings. The topological polar surface area (TPSA) is 129 Å². The van der Waals surface area contributed by atoms with E-state index >= 15 is 0 Å². The minimum absolute atomic E-state index is 0.0559. The number of nitrogens with zero attached hydrogens (tertiary/aromatic N) is 3. The van der Waals surface area contributed by atoms with Crippen LogP contribution in [-0.4, -0.2) is 52.3 Å². The Hall–Kier alpha value is -3.52. The molecular formula is C25H27FN4O5S. The maximum absolute atomic E-state index is 13.8. The van der Waals surface area contributed by atoms with Crippen molar-refractivity contribution in [2.45, 2.75) is 56.2 Å². The number of hydrogen-bond acceptors (Lipinski definition) is 6. The number of nitrogens with one attached hydrogen (secondary N) is 1. The molecule has 0 unspecified atom stereocenters. The third-order valence-corrected chi connectivity index (χ3v) is 10.1. The van der Waals surface area contributed by atoms with Gasteiger partial charge in [0.1, 0.15) is 23.1 Å². The highest BCUT2D eigenvalue weighted by atomic mass is 32.2. The van der Waals surface area contributed by atoms with Crippen molar-refractivity contribution < 1.29 is 22.4 Å². The number of sulfone groups is 1. The van der Waals surface area contributed by atoms with Crippen LogP contribution < -0.4 is 10.9 Å². The van der Waals surface area contributed by atoms with E-state index in [2.05, 4.69) is 5.32 Å². The molecule has 1 N–H and O–H groups in total. The van der Waals surface area contributed by atoms with Crippen molar-refractivity contribution in [2.24, 2.45) is 0 Å². The zero-order valence-corrected chi connectivity index (χ0v) is 21.1. The first-order chi connectivity index (χ1) is 16.8. The molecule has 0 bridgehead atoms. The molecule has 9 nitrogen and oxygen atoms in total. The zero-order valence-electron chi connectivity index (χ0n) is 20.3. The molecule has 36 heavy (non-hydrogen) atoms. The molecule has 0 atom stereocenters. The summed E-state index contributed by atoms with van der Waals surface area (Å²) in [6, 6.07) is 8.32. The Bertz CT molecular complexity index is 1460. The molecule has 1 aromatic carbocycles. The van der Waals surface area contributed by atoms with Crippen LogP contribution in [0.2, 0.25) is 0 Å². The van der Waals surface area contributed by atoms with E-state index in [1.54, 1.807) is 26.8 Å². The number of rotatable bonds is 6. The van der Waals surface area contributed by atoms with Crippen LogP contribution in [0.1, 0.15) is 65.6 Å². The number of carbonyl (C=O) groups excluding carboxylic acids is 2. The summed E-state index contributed by atoms with van der Waals surface area (Å²) in [7, 11) is -3.48. The summed E-state index contributed by atoms with van der Waals surface area (Å²) in [4.78, 5) is 40.2. The van der Waals surface area contributed by atoms with Gasteiger partial charge in [0, 0.05) is 26.2 Å². The summed E-state index contributed by atoms with van der Waals surface area (Å²) in [5.74, 6) is -1.83. The number of pyridine rings is 1. The van der Waals surface area contributed by atoms with Crippen LogP contribution in [0, 0.1) is 17.1 Å². The first-order valence-electron chi connectivity index (χ1n) is 11.6. The van der Waals surface area contributed by atoms with E-state index in [1.807, 2.05) is 0 Å². The summed E-state index contributed by atoms with van der Waals surface area (Å²) < 4.78 is 39.3. The van der Waals surface area contributed by atoms with Gasteiger partial charge in [0.05, 0.1) is 15.1 Å². The lowest BCUT2D eigenvalue weighted by atomic mass is 10.1. The van der Waals surface area contributed by atoms with Crippen LogP contribution in [-0.2, 0) is 22.9 Å². The molecule has 1 aliphatic heterocycles. The smallest absolute Gasteiger partial charge is 0.270 e. The standard InChI is InChI=1S/C25H27FN4O5S/c1-24(2,3)36(34,35)25(8-9-25)15-29-10-11-30-20(23(29)33)7-6-18(22(30)32)21(31)28-14-16-4-5-17(13-27)19(26)12-16/h4-7,12H,8-11,14-15H2,1-3H3,(H,28,31). The van der Waals surface area contributed by atoms with Crippen molar-refractivity contribution >= 4 is 21.7 Å². The molecule has 2 amide bonds. The maximum atomic E-state index is 13.8. The number of hydrogen-bond donors (Lipinski definition) is 1. The highest BCUT2D eigenvalue weighted by molar-refractivity contribution is 7.94. The molecule has 0 saturated heterocycles. The van der Waals surface area contributed by atoms with Gasteiger partial charge in [-0.2, -0.15) is 5.26 Å². The number of amides is 2. The minimum atomic E-state index is -3.48. The monoisotopic (exact) mass is 514 g/mol. The largest absolute Gasteiger partial charge is 0.348 e. The molecule has 1 fully saturated rings. The fourth-order valence-corrected chi connectivity index (χ4v) is 6.74. The predicted molar refractivity (Wildman–Crippen MR) is 130 cm³/mol. The van der Waals surface area contributed by atoms with Crippen molar-refractivity contribution in [3.63, 3.8) is 0 Å². The molecule has 2 aliphatic rings. The second kappa shape index (κ2) is 8.85. The Kier molecular flexibility index (Phi) is 6.29. The summed E-state index contributed by atoms with van der Waals surface area (Å²) in [6.45, 7) is 5.26. The first-order valence-corrected chi connectivity index (χ1v) is 13.0. The number of nitriles is 1. The lowest BCUT2D eigenvalue weighted by Crippen LogP contribution is -2.52. The van der Waals surface area contributed by atoms with Crippen molar-refractivity contribution in [1.82, 2.24) is 14.8 Å². The van der Waals surface area contributed by atoms with Gasteiger partial charge in [0.15, 0.2) is 9.84 Å². The van der Waals surface area contributed by atoms with Crippen LogP contribution in [0.25, 0.3) is 0 Å². The van der Waals surface area contributed by atoms with Gasteiger partial charge in [0.2, 0.25) is 0 Å². The summed E-state index contributed by atoms with van der Waals surface area (Å²) in [5.41, 5.74) is -0.389. The van der Waals surface area contributed by atoms with Gasteiger partial charge >= 0.3 is 0 Å². The minimum Gasteiger partial charge on any atom is -0.348 e. The Labute approximate surface area is 208 Å². The van der Waals surface area contributed by atoms with E-state index in [9.17, 15) is 27.2 Å². The van der Waals surface area contributed by atoms with E-state index in [-0.39, 0.29) is 43.0 Å². The fraction of sp³-hybridized carbons (Fsp3) is 0.440. The van der Waals surface area contributed by atoms with E-state index in [0.717, 1.165) is 6.07 Å².